The molecule has 0 fully saturated rings. The van der Waals surface area contributed by atoms with E-state index in [1.165, 1.54) is 13.0 Å². The predicted octanol–water partition coefficient (Wildman–Crippen LogP) is 1.25. The summed E-state index contributed by atoms with van der Waals surface area (Å²) >= 11 is 0. The van der Waals surface area contributed by atoms with Gasteiger partial charge in [-0.1, -0.05) is 12.1 Å². The van der Waals surface area contributed by atoms with E-state index in [2.05, 4.69) is 0 Å². The third kappa shape index (κ3) is 3.26. The van der Waals surface area contributed by atoms with Crippen molar-refractivity contribution in [3.8, 4) is 5.75 Å². The molecule has 1 radical (unpaired) electrons. The van der Waals surface area contributed by atoms with Gasteiger partial charge in [0.2, 0.25) is 0 Å². The van der Waals surface area contributed by atoms with Crippen LogP contribution in [0.3, 0.4) is 0 Å². The zero-order valence-electron chi connectivity index (χ0n) is 7.56. The van der Waals surface area contributed by atoms with E-state index in [0.29, 0.717) is 11.3 Å². The zero-order chi connectivity index (χ0) is 10.6. The summed E-state index contributed by atoms with van der Waals surface area (Å²) in [7, 11) is 0. The van der Waals surface area contributed by atoms with Gasteiger partial charge in [0.05, 0.1) is 6.42 Å². The number of rotatable bonds is 3. The van der Waals surface area contributed by atoms with Gasteiger partial charge in [0.25, 0.3) is 0 Å². The molecule has 4 heteroatoms. The summed E-state index contributed by atoms with van der Waals surface area (Å²) < 4.78 is 4.78. The molecule has 0 aromatic heterocycles. The third-order valence-corrected chi connectivity index (χ3v) is 1.41. The van der Waals surface area contributed by atoms with Gasteiger partial charge < -0.3 is 9.84 Å². The summed E-state index contributed by atoms with van der Waals surface area (Å²) in [5.41, 5.74) is 0.483. The fourth-order valence-corrected chi connectivity index (χ4v) is 0.976. The second-order valence-electron chi connectivity index (χ2n) is 2.65. The lowest BCUT2D eigenvalue weighted by atomic mass is 10.1. The Morgan fingerprint density at radius 1 is 1.43 bits per heavy atom. The van der Waals surface area contributed by atoms with Gasteiger partial charge >= 0.3 is 11.9 Å². The van der Waals surface area contributed by atoms with Crippen molar-refractivity contribution in [2.45, 2.75) is 6.92 Å². The predicted molar refractivity (Wildman–Crippen MR) is 48.8 cm³/mol. The third-order valence-electron chi connectivity index (χ3n) is 1.41. The fourth-order valence-electron chi connectivity index (χ4n) is 0.976. The van der Waals surface area contributed by atoms with Crippen molar-refractivity contribution < 1.29 is 19.4 Å². The van der Waals surface area contributed by atoms with Crippen LogP contribution >= 0.6 is 0 Å². The Morgan fingerprint density at radius 3 is 2.71 bits per heavy atom. The molecule has 0 unspecified atom stereocenters. The van der Waals surface area contributed by atoms with Crippen molar-refractivity contribution in [1.29, 1.82) is 0 Å². The smallest absolute Gasteiger partial charge is 0.312 e. The molecule has 1 rings (SSSR count). The van der Waals surface area contributed by atoms with Crippen LogP contribution in [0.15, 0.2) is 24.3 Å². The SMILES string of the molecule is CC(=O)Oc1cccc([CH]C(=O)O)c1. The molecule has 1 aromatic carbocycles. The topological polar surface area (TPSA) is 63.6 Å². The van der Waals surface area contributed by atoms with E-state index < -0.39 is 11.9 Å². The number of benzene rings is 1. The molecule has 0 bridgehead atoms. The molecule has 0 heterocycles. The quantitative estimate of drug-likeness (QED) is 0.579. The second kappa shape index (κ2) is 4.41. The van der Waals surface area contributed by atoms with Crippen molar-refractivity contribution in [1.82, 2.24) is 0 Å². The molecule has 0 atom stereocenters. The highest BCUT2D eigenvalue weighted by Crippen LogP contribution is 2.14. The molecular weight excluding hydrogens is 184 g/mol. The number of hydrogen-bond acceptors (Lipinski definition) is 3. The number of carboxylic acid groups (broad SMARTS) is 1. The second-order valence-corrected chi connectivity index (χ2v) is 2.65. The number of ether oxygens (including phenoxy) is 1. The number of carbonyl (C=O) groups is 2. The Hall–Kier alpha value is -1.84. The minimum atomic E-state index is -1.04. The summed E-state index contributed by atoms with van der Waals surface area (Å²) in [6.45, 7) is 1.29. The summed E-state index contributed by atoms with van der Waals surface area (Å²) in [5, 5.41) is 8.48. The van der Waals surface area contributed by atoms with Gasteiger partial charge in [-0.2, -0.15) is 0 Å². The number of aliphatic carboxylic acids is 1. The van der Waals surface area contributed by atoms with Gasteiger partial charge in [0.15, 0.2) is 0 Å². The maximum absolute atomic E-state index is 10.6. The van der Waals surface area contributed by atoms with Crippen molar-refractivity contribution in [2.24, 2.45) is 0 Å². The van der Waals surface area contributed by atoms with E-state index >= 15 is 0 Å². The standard InChI is InChI=1S/C10H9O4/c1-7(11)14-9-4-2-3-8(5-9)6-10(12)13/h2-6H,1H3,(H,12,13). The van der Waals surface area contributed by atoms with Crippen LogP contribution in [0.1, 0.15) is 12.5 Å². The van der Waals surface area contributed by atoms with Crippen molar-refractivity contribution >= 4 is 11.9 Å². The molecule has 73 valence electrons. The molecule has 4 nitrogen and oxygen atoms in total. The Bertz CT molecular complexity index is 326. The van der Waals surface area contributed by atoms with Gasteiger partial charge in [-0.3, -0.25) is 9.59 Å². The molecule has 1 N–H and O–H groups in total. The average Bonchev–Trinajstić information content (AvgIpc) is 2.01. The Balaban J connectivity index is 2.78. The molecule has 0 aliphatic rings. The van der Waals surface area contributed by atoms with E-state index in [1.807, 2.05) is 0 Å². The van der Waals surface area contributed by atoms with Crippen LogP contribution in [0, 0.1) is 6.42 Å². The Kier molecular flexibility index (Phi) is 3.23. The van der Waals surface area contributed by atoms with Crippen LogP contribution in [-0.4, -0.2) is 17.0 Å². The molecule has 0 amide bonds. The zero-order valence-corrected chi connectivity index (χ0v) is 7.56. The van der Waals surface area contributed by atoms with Gasteiger partial charge in [-0.05, 0) is 17.7 Å². The molecule has 0 aliphatic carbocycles. The average molecular weight is 193 g/mol. The largest absolute Gasteiger partial charge is 0.481 e. The summed E-state index contributed by atoms with van der Waals surface area (Å²) in [4.78, 5) is 20.9. The van der Waals surface area contributed by atoms with Crippen LogP contribution in [0.2, 0.25) is 0 Å². The van der Waals surface area contributed by atoms with Crippen molar-refractivity contribution in [3.05, 3.63) is 36.2 Å². The first-order valence-electron chi connectivity index (χ1n) is 3.94. The van der Waals surface area contributed by atoms with Gasteiger partial charge in [0.1, 0.15) is 5.75 Å². The summed E-state index contributed by atoms with van der Waals surface area (Å²) in [6, 6.07) is 6.30. The van der Waals surface area contributed by atoms with Crippen LogP contribution in [0.25, 0.3) is 0 Å². The molecule has 0 spiro atoms. The maximum atomic E-state index is 10.6. The molecule has 1 aromatic rings. The normalized spacial score (nSPS) is 9.50. The van der Waals surface area contributed by atoms with Gasteiger partial charge in [-0.25, -0.2) is 0 Å². The molecule has 14 heavy (non-hydrogen) atoms. The van der Waals surface area contributed by atoms with Gasteiger partial charge in [0, 0.05) is 6.92 Å². The molecule has 0 saturated heterocycles. The lowest BCUT2D eigenvalue weighted by molar-refractivity contribution is -0.133. The highest BCUT2D eigenvalue weighted by atomic mass is 16.5. The summed E-state index contributed by atoms with van der Waals surface area (Å²) in [6.07, 6.45) is 1.03. The first kappa shape index (κ1) is 10.2. The van der Waals surface area contributed by atoms with Crippen LogP contribution in [0.4, 0.5) is 0 Å². The first-order chi connectivity index (χ1) is 6.58. The van der Waals surface area contributed by atoms with E-state index in [4.69, 9.17) is 9.84 Å². The van der Waals surface area contributed by atoms with E-state index in [9.17, 15) is 9.59 Å². The minimum Gasteiger partial charge on any atom is -0.481 e. The van der Waals surface area contributed by atoms with E-state index in [0.717, 1.165) is 6.42 Å². The summed E-state index contributed by atoms with van der Waals surface area (Å²) in [5.74, 6) is -1.13. The molecule has 0 aliphatic heterocycles. The Morgan fingerprint density at radius 2 is 2.14 bits per heavy atom. The van der Waals surface area contributed by atoms with Crippen LogP contribution < -0.4 is 4.74 Å². The number of carbonyl (C=O) groups excluding carboxylic acids is 1. The maximum Gasteiger partial charge on any atom is 0.312 e. The minimum absolute atomic E-state index is 0.340. The fraction of sp³-hybridized carbons (Fsp3) is 0.100. The lowest BCUT2D eigenvalue weighted by Gasteiger charge is -2.02. The monoisotopic (exact) mass is 193 g/mol. The highest BCUT2D eigenvalue weighted by molar-refractivity contribution is 5.81. The number of carboxylic acids is 1. The Labute approximate surface area is 81.1 Å². The molecule has 0 saturated carbocycles. The highest BCUT2D eigenvalue weighted by Gasteiger charge is 2.03. The van der Waals surface area contributed by atoms with Gasteiger partial charge in [-0.15, -0.1) is 0 Å². The van der Waals surface area contributed by atoms with E-state index in [1.54, 1.807) is 18.2 Å². The van der Waals surface area contributed by atoms with Crippen molar-refractivity contribution in [2.75, 3.05) is 0 Å². The van der Waals surface area contributed by atoms with Crippen LogP contribution in [0.5, 0.6) is 5.75 Å². The first-order valence-corrected chi connectivity index (χ1v) is 3.94. The molecular formula is C10H9O4. The lowest BCUT2D eigenvalue weighted by Crippen LogP contribution is -2.02. The number of esters is 1. The van der Waals surface area contributed by atoms with E-state index in [-0.39, 0.29) is 0 Å². The van der Waals surface area contributed by atoms with Crippen LogP contribution in [-0.2, 0) is 9.59 Å². The number of hydrogen-bond donors (Lipinski definition) is 1. The van der Waals surface area contributed by atoms with Crippen molar-refractivity contribution in [3.63, 3.8) is 0 Å².